The van der Waals surface area contributed by atoms with Crippen LogP contribution in [-0.2, 0) is 0 Å². The lowest BCUT2D eigenvalue weighted by molar-refractivity contribution is 0.0931. The van der Waals surface area contributed by atoms with Crippen molar-refractivity contribution in [3.8, 4) is 6.07 Å². The molecule has 0 spiro atoms. The second-order valence-electron chi connectivity index (χ2n) is 5.39. The Balaban J connectivity index is 1.76. The van der Waals surface area contributed by atoms with Crippen LogP contribution in [-0.4, -0.2) is 5.91 Å². The Morgan fingerprint density at radius 2 is 1.76 bits per heavy atom. The minimum Gasteiger partial charge on any atom is -0.345 e. The van der Waals surface area contributed by atoms with Gasteiger partial charge in [-0.05, 0) is 48.6 Å². The number of amides is 1. The first-order valence-electron chi connectivity index (χ1n) is 7.14. The molecule has 2 aromatic rings. The minimum absolute atomic E-state index is 0.0781. The van der Waals surface area contributed by atoms with Crippen LogP contribution in [0.15, 0.2) is 54.6 Å². The van der Waals surface area contributed by atoms with Gasteiger partial charge in [-0.1, -0.05) is 30.3 Å². The molecule has 3 heteroatoms. The van der Waals surface area contributed by atoms with Crippen molar-refractivity contribution in [3.05, 3.63) is 71.3 Å². The van der Waals surface area contributed by atoms with Gasteiger partial charge in [0, 0.05) is 5.56 Å². The fourth-order valence-corrected chi connectivity index (χ4v) is 2.48. The van der Waals surface area contributed by atoms with Crippen molar-refractivity contribution in [2.24, 2.45) is 5.92 Å². The predicted molar refractivity (Wildman–Crippen MR) is 80.5 cm³/mol. The Bertz CT molecular complexity index is 667. The number of carbonyl (C=O) groups is 1. The summed E-state index contributed by atoms with van der Waals surface area (Å²) in [5.74, 6) is 0.454. The van der Waals surface area contributed by atoms with Gasteiger partial charge in [-0.15, -0.1) is 0 Å². The zero-order chi connectivity index (χ0) is 14.7. The van der Waals surface area contributed by atoms with Gasteiger partial charge in [0.05, 0.1) is 17.7 Å². The lowest BCUT2D eigenvalue weighted by atomic mass is 10.0. The molecule has 0 aliphatic heterocycles. The average molecular weight is 276 g/mol. The highest BCUT2D eigenvalue weighted by molar-refractivity contribution is 5.94. The second-order valence-corrected chi connectivity index (χ2v) is 5.39. The predicted octanol–water partition coefficient (Wildman–Crippen LogP) is 3.44. The quantitative estimate of drug-likeness (QED) is 0.930. The number of carbonyl (C=O) groups excluding carboxylic acids is 1. The van der Waals surface area contributed by atoms with Crippen molar-refractivity contribution < 1.29 is 4.79 Å². The number of rotatable bonds is 4. The number of benzene rings is 2. The highest BCUT2D eigenvalue weighted by atomic mass is 16.1. The monoisotopic (exact) mass is 276 g/mol. The molecule has 3 rings (SSSR count). The average Bonchev–Trinajstić information content (AvgIpc) is 3.38. The Kier molecular flexibility index (Phi) is 3.70. The number of hydrogen-bond acceptors (Lipinski definition) is 2. The molecule has 1 fully saturated rings. The Labute approximate surface area is 124 Å². The van der Waals surface area contributed by atoms with Crippen LogP contribution in [0.5, 0.6) is 0 Å². The molecule has 1 N–H and O–H groups in total. The molecule has 1 unspecified atom stereocenters. The van der Waals surface area contributed by atoms with E-state index in [-0.39, 0.29) is 11.9 Å². The highest BCUT2D eigenvalue weighted by Gasteiger charge is 2.33. The van der Waals surface area contributed by atoms with E-state index in [0.717, 1.165) is 18.4 Å². The lowest BCUT2D eigenvalue weighted by Gasteiger charge is -2.18. The molecule has 0 radical (unpaired) electrons. The van der Waals surface area contributed by atoms with Gasteiger partial charge >= 0.3 is 0 Å². The normalized spacial score (nSPS) is 15.0. The fourth-order valence-electron chi connectivity index (χ4n) is 2.48. The summed E-state index contributed by atoms with van der Waals surface area (Å²) in [5.41, 5.74) is 2.31. The zero-order valence-corrected chi connectivity index (χ0v) is 11.6. The van der Waals surface area contributed by atoms with Gasteiger partial charge in [-0.2, -0.15) is 5.26 Å². The van der Waals surface area contributed by atoms with E-state index in [1.165, 1.54) is 0 Å². The summed E-state index contributed by atoms with van der Waals surface area (Å²) in [4.78, 5) is 12.4. The summed E-state index contributed by atoms with van der Waals surface area (Å²) in [5, 5.41) is 11.9. The van der Waals surface area contributed by atoms with Crippen LogP contribution in [0.25, 0.3) is 0 Å². The van der Waals surface area contributed by atoms with E-state index in [9.17, 15) is 4.79 Å². The lowest BCUT2D eigenvalue weighted by Crippen LogP contribution is -2.29. The summed E-state index contributed by atoms with van der Waals surface area (Å²) in [6.45, 7) is 0. The molecule has 0 heterocycles. The molecule has 1 atom stereocenters. The van der Waals surface area contributed by atoms with Crippen LogP contribution in [0.2, 0.25) is 0 Å². The molecular formula is C18H16N2O. The van der Waals surface area contributed by atoms with Gasteiger partial charge in [0.25, 0.3) is 5.91 Å². The largest absolute Gasteiger partial charge is 0.345 e. The first kappa shape index (κ1) is 13.4. The molecule has 3 nitrogen and oxygen atoms in total. The van der Waals surface area contributed by atoms with Gasteiger partial charge < -0.3 is 5.32 Å². The molecule has 1 aliphatic rings. The molecular weight excluding hydrogens is 260 g/mol. The van der Waals surface area contributed by atoms with Crippen molar-refractivity contribution in [2.45, 2.75) is 18.9 Å². The highest BCUT2D eigenvalue weighted by Crippen LogP contribution is 2.41. The van der Waals surface area contributed by atoms with Crippen molar-refractivity contribution in [1.82, 2.24) is 5.32 Å². The maximum absolute atomic E-state index is 12.4. The number of hydrogen-bond donors (Lipinski definition) is 1. The van der Waals surface area contributed by atoms with Crippen molar-refractivity contribution in [1.29, 1.82) is 5.26 Å². The Morgan fingerprint density at radius 1 is 1.10 bits per heavy atom. The van der Waals surface area contributed by atoms with E-state index in [1.807, 2.05) is 18.2 Å². The summed E-state index contributed by atoms with van der Waals surface area (Å²) < 4.78 is 0. The number of nitriles is 1. The molecule has 0 saturated heterocycles. The van der Waals surface area contributed by atoms with E-state index in [2.05, 4.69) is 23.5 Å². The topological polar surface area (TPSA) is 52.9 Å². The molecule has 1 amide bonds. The van der Waals surface area contributed by atoms with Crippen molar-refractivity contribution >= 4 is 5.91 Å². The first-order valence-corrected chi connectivity index (χ1v) is 7.14. The standard InChI is InChI=1S/C18H16N2O/c19-12-13-6-8-16(9-7-13)18(21)20-17(15-10-11-15)14-4-2-1-3-5-14/h1-9,15,17H,10-11H2,(H,20,21). The van der Waals surface area contributed by atoms with Crippen LogP contribution in [0, 0.1) is 17.2 Å². The molecule has 0 aromatic heterocycles. The molecule has 1 saturated carbocycles. The van der Waals surface area contributed by atoms with E-state index in [4.69, 9.17) is 5.26 Å². The Hall–Kier alpha value is -2.60. The van der Waals surface area contributed by atoms with E-state index >= 15 is 0 Å². The summed E-state index contributed by atoms with van der Waals surface area (Å²) in [7, 11) is 0. The third-order valence-corrected chi connectivity index (χ3v) is 3.81. The van der Waals surface area contributed by atoms with Crippen LogP contribution in [0.3, 0.4) is 0 Å². The molecule has 2 aromatic carbocycles. The fraction of sp³-hybridized carbons (Fsp3) is 0.222. The van der Waals surface area contributed by atoms with Crippen molar-refractivity contribution in [2.75, 3.05) is 0 Å². The van der Waals surface area contributed by atoms with Crippen LogP contribution < -0.4 is 5.32 Å². The van der Waals surface area contributed by atoms with E-state index in [0.29, 0.717) is 17.0 Å². The second kappa shape index (κ2) is 5.80. The summed E-state index contributed by atoms with van der Waals surface area (Å²) in [6.07, 6.45) is 2.32. The maximum atomic E-state index is 12.4. The number of nitrogens with one attached hydrogen (secondary N) is 1. The third kappa shape index (κ3) is 3.11. The maximum Gasteiger partial charge on any atom is 0.251 e. The third-order valence-electron chi connectivity index (χ3n) is 3.81. The van der Waals surface area contributed by atoms with Gasteiger partial charge in [-0.25, -0.2) is 0 Å². The summed E-state index contributed by atoms with van der Waals surface area (Å²) in [6, 6.07) is 19.0. The van der Waals surface area contributed by atoms with Gasteiger partial charge in [0.1, 0.15) is 0 Å². The SMILES string of the molecule is N#Cc1ccc(C(=O)NC(c2ccccc2)C2CC2)cc1. The molecule has 1 aliphatic carbocycles. The first-order chi connectivity index (χ1) is 10.3. The van der Waals surface area contributed by atoms with Crippen LogP contribution in [0.4, 0.5) is 0 Å². The Morgan fingerprint density at radius 3 is 2.33 bits per heavy atom. The van der Waals surface area contributed by atoms with Gasteiger partial charge in [-0.3, -0.25) is 4.79 Å². The van der Waals surface area contributed by atoms with E-state index < -0.39 is 0 Å². The van der Waals surface area contributed by atoms with Crippen LogP contribution in [0.1, 0.15) is 40.4 Å². The van der Waals surface area contributed by atoms with E-state index in [1.54, 1.807) is 24.3 Å². The van der Waals surface area contributed by atoms with Gasteiger partial charge in [0.15, 0.2) is 0 Å². The molecule has 21 heavy (non-hydrogen) atoms. The molecule has 104 valence electrons. The number of nitrogens with zero attached hydrogens (tertiary/aromatic N) is 1. The minimum atomic E-state index is -0.0831. The zero-order valence-electron chi connectivity index (χ0n) is 11.6. The summed E-state index contributed by atoms with van der Waals surface area (Å²) >= 11 is 0. The van der Waals surface area contributed by atoms with Crippen molar-refractivity contribution in [3.63, 3.8) is 0 Å². The van der Waals surface area contributed by atoms with Gasteiger partial charge in [0.2, 0.25) is 0 Å². The van der Waals surface area contributed by atoms with Crippen LogP contribution >= 0.6 is 0 Å². The molecule has 0 bridgehead atoms. The smallest absolute Gasteiger partial charge is 0.251 e.